The number of hydrogen-bond donors (Lipinski definition) is 1. The normalized spacial score (nSPS) is 32.8. The fourth-order valence-corrected chi connectivity index (χ4v) is 1.81. The molecule has 0 saturated carbocycles. The Morgan fingerprint density at radius 3 is 2.25 bits per heavy atom. The Hall–Kier alpha value is -0.120. The molecule has 1 rings (SSSR count). The zero-order valence-corrected chi connectivity index (χ0v) is 8.72. The van der Waals surface area contributed by atoms with Crippen molar-refractivity contribution in [3.63, 3.8) is 0 Å². The molecule has 0 radical (unpaired) electrons. The summed E-state index contributed by atoms with van der Waals surface area (Å²) in [4.78, 5) is 0. The maximum atomic E-state index is 5.25. The molecular weight excluding hydrogens is 152 g/mol. The number of ether oxygens (including phenoxy) is 1. The van der Waals surface area contributed by atoms with Gasteiger partial charge in [-0.15, -0.1) is 0 Å². The van der Waals surface area contributed by atoms with Crippen molar-refractivity contribution in [3.8, 4) is 0 Å². The molecule has 0 aromatic heterocycles. The molecule has 0 spiro atoms. The Kier molecular flexibility index (Phi) is 2.76. The van der Waals surface area contributed by atoms with Gasteiger partial charge in [0.25, 0.3) is 0 Å². The van der Waals surface area contributed by atoms with E-state index in [1.165, 1.54) is 0 Å². The molecule has 0 amide bonds. The summed E-state index contributed by atoms with van der Waals surface area (Å²) < 4.78 is 5.25. The summed E-state index contributed by atoms with van der Waals surface area (Å²) in [5.74, 6) is 0. The summed E-state index contributed by atoms with van der Waals surface area (Å²) >= 11 is 0. The van der Waals surface area contributed by atoms with Crippen molar-refractivity contribution in [2.24, 2.45) is 5.41 Å². The van der Waals surface area contributed by atoms with Gasteiger partial charge in [0.1, 0.15) is 6.23 Å². The molecule has 2 atom stereocenters. The average Bonchev–Trinajstić information content (AvgIpc) is 2.29. The number of hydrazine groups is 1. The highest BCUT2D eigenvalue weighted by Crippen LogP contribution is 2.29. The molecule has 1 aliphatic heterocycles. The fourth-order valence-electron chi connectivity index (χ4n) is 1.81. The minimum Gasteiger partial charge on any atom is -0.365 e. The second-order valence-corrected chi connectivity index (χ2v) is 4.58. The number of rotatable bonds is 1. The molecule has 3 heteroatoms. The van der Waals surface area contributed by atoms with Gasteiger partial charge >= 0.3 is 0 Å². The molecular formula is C9H20N2O. The van der Waals surface area contributed by atoms with Crippen molar-refractivity contribution >= 4 is 0 Å². The van der Waals surface area contributed by atoms with E-state index in [1.54, 1.807) is 7.11 Å². The van der Waals surface area contributed by atoms with Crippen molar-refractivity contribution in [2.45, 2.75) is 39.5 Å². The van der Waals surface area contributed by atoms with Gasteiger partial charge in [-0.1, -0.05) is 20.8 Å². The molecule has 3 nitrogen and oxygen atoms in total. The quantitative estimate of drug-likeness (QED) is 0.643. The van der Waals surface area contributed by atoms with Crippen LogP contribution in [0.15, 0.2) is 0 Å². The van der Waals surface area contributed by atoms with Gasteiger partial charge in [-0.2, -0.15) is 0 Å². The van der Waals surface area contributed by atoms with Crippen molar-refractivity contribution in [2.75, 3.05) is 14.2 Å². The van der Waals surface area contributed by atoms with Gasteiger partial charge in [0.15, 0.2) is 0 Å². The van der Waals surface area contributed by atoms with Gasteiger partial charge < -0.3 is 4.74 Å². The van der Waals surface area contributed by atoms with Crippen molar-refractivity contribution in [1.82, 2.24) is 10.4 Å². The highest BCUT2D eigenvalue weighted by molar-refractivity contribution is 4.86. The zero-order valence-electron chi connectivity index (χ0n) is 8.72. The van der Waals surface area contributed by atoms with Crippen LogP contribution in [-0.2, 0) is 4.74 Å². The first-order chi connectivity index (χ1) is 5.45. The maximum absolute atomic E-state index is 5.25. The summed E-state index contributed by atoms with van der Waals surface area (Å²) in [7, 11) is 3.82. The van der Waals surface area contributed by atoms with Gasteiger partial charge in [-0.3, -0.25) is 0 Å². The van der Waals surface area contributed by atoms with E-state index in [2.05, 4.69) is 38.3 Å². The minimum atomic E-state index is 0.194. The van der Waals surface area contributed by atoms with Gasteiger partial charge in [-0.05, 0) is 5.41 Å². The third-order valence-electron chi connectivity index (χ3n) is 2.54. The Morgan fingerprint density at radius 2 is 2.00 bits per heavy atom. The van der Waals surface area contributed by atoms with Crippen LogP contribution < -0.4 is 5.43 Å². The molecule has 72 valence electrons. The third kappa shape index (κ3) is 1.97. The first-order valence-corrected chi connectivity index (χ1v) is 4.47. The molecule has 0 aromatic carbocycles. The maximum Gasteiger partial charge on any atom is 0.121 e. The molecule has 1 saturated heterocycles. The average molecular weight is 172 g/mol. The summed E-state index contributed by atoms with van der Waals surface area (Å²) in [5.41, 5.74) is 3.59. The summed E-state index contributed by atoms with van der Waals surface area (Å²) in [6, 6.07) is 0.558. The molecule has 12 heavy (non-hydrogen) atoms. The van der Waals surface area contributed by atoms with E-state index in [-0.39, 0.29) is 6.23 Å². The van der Waals surface area contributed by atoms with E-state index in [1.807, 2.05) is 0 Å². The number of nitrogens with zero attached hydrogens (tertiary/aromatic N) is 1. The van der Waals surface area contributed by atoms with E-state index in [4.69, 9.17) is 4.74 Å². The molecule has 1 heterocycles. The minimum absolute atomic E-state index is 0.194. The number of hydrogen-bond acceptors (Lipinski definition) is 3. The summed E-state index contributed by atoms with van der Waals surface area (Å²) in [5, 5.41) is 2.16. The lowest BCUT2D eigenvalue weighted by Crippen LogP contribution is -2.41. The van der Waals surface area contributed by atoms with Gasteiger partial charge in [0.05, 0.1) is 0 Å². The zero-order chi connectivity index (χ0) is 9.35. The Morgan fingerprint density at radius 1 is 1.42 bits per heavy atom. The molecule has 2 unspecified atom stereocenters. The van der Waals surface area contributed by atoms with Gasteiger partial charge in [-0.25, -0.2) is 10.4 Å². The monoisotopic (exact) mass is 172 g/mol. The second-order valence-electron chi connectivity index (χ2n) is 4.58. The van der Waals surface area contributed by atoms with Gasteiger partial charge in [0, 0.05) is 26.6 Å². The standard InChI is InChI=1S/C9H20N2O/c1-9(2,3)7-6-8(12-5)10-11(7)4/h7-8,10H,6H2,1-5H3. The predicted molar refractivity (Wildman–Crippen MR) is 49.6 cm³/mol. The Labute approximate surface area is 75.0 Å². The summed E-state index contributed by atoms with van der Waals surface area (Å²) in [6.07, 6.45) is 1.26. The van der Waals surface area contributed by atoms with E-state index in [0.717, 1.165) is 6.42 Å². The molecule has 0 aromatic rings. The van der Waals surface area contributed by atoms with E-state index >= 15 is 0 Å². The largest absolute Gasteiger partial charge is 0.365 e. The molecule has 0 aliphatic carbocycles. The SMILES string of the molecule is COC1CC(C(C)(C)C)N(C)N1. The number of methoxy groups -OCH3 is 1. The molecule has 1 aliphatic rings. The lowest BCUT2D eigenvalue weighted by molar-refractivity contribution is 0.0590. The highest BCUT2D eigenvalue weighted by atomic mass is 16.5. The Bertz CT molecular complexity index is 153. The first kappa shape index (κ1) is 9.96. The van der Waals surface area contributed by atoms with Crippen molar-refractivity contribution in [1.29, 1.82) is 0 Å². The van der Waals surface area contributed by atoms with E-state index < -0.39 is 0 Å². The van der Waals surface area contributed by atoms with Crippen LogP contribution in [0.2, 0.25) is 0 Å². The lowest BCUT2D eigenvalue weighted by Gasteiger charge is -2.31. The van der Waals surface area contributed by atoms with Crippen LogP contribution in [0.4, 0.5) is 0 Å². The third-order valence-corrected chi connectivity index (χ3v) is 2.54. The fraction of sp³-hybridized carbons (Fsp3) is 1.00. The van der Waals surface area contributed by atoms with Crippen LogP contribution in [0.1, 0.15) is 27.2 Å². The Balaban J connectivity index is 2.58. The smallest absolute Gasteiger partial charge is 0.121 e. The second kappa shape index (κ2) is 3.32. The van der Waals surface area contributed by atoms with Gasteiger partial charge in [0.2, 0.25) is 0 Å². The van der Waals surface area contributed by atoms with Crippen LogP contribution in [0, 0.1) is 5.41 Å². The lowest BCUT2D eigenvalue weighted by atomic mass is 9.85. The van der Waals surface area contributed by atoms with E-state index in [0.29, 0.717) is 11.5 Å². The van der Waals surface area contributed by atoms with Crippen LogP contribution in [0.5, 0.6) is 0 Å². The topological polar surface area (TPSA) is 24.5 Å². The van der Waals surface area contributed by atoms with Crippen LogP contribution >= 0.6 is 0 Å². The van der Waals surface area contributed by atoms with Crippen LogP contribution in [0.3, 0.4) is 0 Å². The van der Waals surface area contributed by atoms with Crippen LogP contribution in [-0.4, -0.2) is 31.4 Å². The predicted octanol–water partition coefficient (Wildman–Crippen LogP) is 1.21. The number of nitrogens with one attached hydrogen (secondary N) is 1. The van der Waals surface area contributed by atoms with Crippen LogP contribution in [0.25, 0.3) is 0 Å². The van der Waals surface area contributed by atoms with E-state index in [9.17, 15) is 0 Å². The van der Waals surface area contributed by atoms with Crippen molar-refractivity contribution < 1.29 is 4.74 Å². The van der Waals surface area contributed by atoms with Crippen molar-refractivity contribution in [3.05, 3.63) is 0 Å². The molecule has 1 fully saturated rings. The summed E-state index contributed by atoms with van der Waals surface area (Å²) in [6.45, 7) is 6.77. The highest BCUT2D eigenvalue weighted by Gasteiger charge is 2.36. The molecule has 1 N–H and O–H groups in total. The molecule has 0 bridgehead atoms. The first-order valence-electron chi connectivity index (χ1n) is 4.47.